The molecule has 1 aliphatic carbocycles. The monoisotopic (exact) mass is 280 g/mol. The molecule has 3 rings (SSSR count). The van der Waals surface area contributed by atoms with Gasteiger partial charge in [-0.1, -0.05) is 13.8 Å². The Hall–Kier alpha value is -0.610. The van der Waals surface area contributed by atoms with Gasteiger partial charge < -0.3 is 15.4 Å². The Morgan fingerprint density at radius 1 is 1.25 bits per heavy atom. The molecular formula is C16H28N2O2. The lowest BCUT2D eigenvalue weighted by molar-refractivity contribution is -0.133. The standard InChI is InChI=1S/C16H28N2O2/c1-16(2)13(9-14(16)20-3)18-15(19)8-10-6-11-4-5-12(7-10)17-11/h10-14,17H,4-9H2,1-3H3,(H,18,19). The van der Waals surface area contributed by atoms with Gasteiger partial charge in [0.1, 0.15) is 0 Å². The van der Waals surface area contributed by atoms with E-state index >= 15 is 0 Å². The maximum Gasteiger partial charge on any atom is 0.220 e. The summed E-state index contributed by atoms with van der Waals surface area (Å²) in [5.74, 6) is 0.819. The molecule has 1 amide bonds. The zero-order valence-electron chi connectivity index (χ0n) is 12.9. The van der Waals surface area contributed by atoms with Crippen molar-refractivity contribution in [3.8, 4) is 0 Å². The summed E-state index contributed by atoms with van der Waals surface area (Å²) in [6.07, 6.45) is 6.90. The van der Waals surface area contributed by atoms with Crippen molar-refractivity contribution in [1.29, 1.82) is 0 Å². The van der Waals surface area contributed by atoms with E-state index in [1.54, 1.807) is 7.11 Å². The number of piperidine rings is 1. The molecule has 2 aliphatic heterocycles. The fraction of sp³-hybridized carbons (Fsp3) is 0.938. The number of fused-ring (bicyclic) bond motifs is 2. The van der Waals surface area contributed by atoms with Gasteiger partial charge in [0, 0.05) is 37.1 Å². The predicted octanol–water partition coefficient (Wildman–Crippen LogP) is 1.84. The molecule has 20 heavy (non-hydrogen) atoms. The van der Waals surface area contributed by atoms with Gasteiger partial charge in [-0.25, -0.2) is 0 Å². The first-order valence-electron chi connectivity index (χ1n) is 8.07. The molecule has 2 heterocycles. The molecule has 0 aromatic rings. The average molecular weight is 280 g/mol. The highest BCUT2D eigenvalue weighted by molar-refractivity contribution is 5.76. The van der Waals surface area contributed by atoms with E-state index in [2.05, 4.69) is 24.5 Å². The lowest BCUT2D eigenvalue weighted by Crippen LogP contribution is -2.62. The smallest absolute Gasteiger partial charge is 0.220 e. The van der Waals surface area contributed by atoms with Crippen molar-refractivity contribution in [2.24, 2.45) is 11.3 Å². The summed E-state index contributed by atoms with van der Waals surface area (Å²) in [6.45, 7) is 4.36. The van der Waals surface area contributed by atoms with Crippen molar-refractivity contribution in [2.75, 3.05) is 7.11 Å². The first-order chi connectivity index (χ1) is 9.49. The van der Waals surface area contributed by atoms with Gasteiger partial charge in [-0.3, -0.25) is 4.79 Å². The van der Waals surface area contributed by atoms with E-state index in [9.17, 15) is 4.79 Å². The van der Waals surface area contributed by atoms with Crippen molar-refractivity contribution in [3.05, 3.63) is 0 Å². The second-order valence-electron chi connectivity index (χ2n) is 7.58. The highest BCUT2D eigenvalue weighted by Gasteiger charge is 2.49. The molecule has 0 aromatic carbocycles. The number of hydrogen-bond acceptors (Lipinski definition) is 3. The molecule has 4 atom stereocenters. The SMILES string of the molecule is COC1CC(NC(=O)CC2CC3CCC(C2)N3)C1(C)C. The summed E-state index contributed by atoms with van der Waals surface area (Å²) in [6, 6.07) is 1.62. The zero-order chi connectivity index (χ0) is 14.3. The Kier molecular flexibility index (Phi) is 3.80. The normalized spacial score (nSPS) is 42.0. The number of carbonyl (C=O) groups excluding carboxylic acids is 1. The van der Waals surface area contributed by atoms with Crippen LogP contribution in [0.3, 0.4) is 0 Å². The summed E-state index contributed by atoms with van der Waals surface area (Å²) < 4.78 is 5.44. The van der Waals surface area contributed by atoms with Crippen LogP contribution in [0, 0.1) is 11.3 Å². The van der Waals surface area contributed by atoms with Gasteiger partial charge in [-0.05, 0) is 38.0 Å². The quantitative estimate of drug-likeness (QED) is 0.826. The molecule has 114 valence electrons. The van der Waals surface area contributed by atoms with Crippen molar-refractivity contribution in [3.63, 3.8) is 0 Å². The lowest BCUT2D eigenvalue weighted by Gasteiger charge is -2.51. The second-order valence-corrected chi connectivity index (χ2v) is 7.58. The Balaban J connectivity index is 1.46. The highest BCUT2D eigenvalue weighted by atomic mass is 16.5. The van der Waals surface area contributed by atoms with Crippen LogP contribution in [0.4, 0.5) is 0 Å². The van der Waals surface area contributed by atoms with Crippen molar-refractivity contribution >= 4 is 5.91 Å². The van der Waals surface area contributed by atoms with Gasteiger partial charge in [0.15, 0.2) is 0 Å². The van der Waals surface area contributed by atoms with Crippen LogP contribution in [0.25, 0.3) is 0 Å². The Labute approximate surface area is 122 Å². The summed E-state index contributed by atoms with van der Waals surface area (Å²) in [4.78, 5) is 12.3. The van der Waals surface area contributed by atoms with Crippen LogP contribution in [0.2, 0.25) is 0 Å². The highest BCUT2D eigenvalue weighted by Crippen LogP contribution is 2.42. The molecule has 0 spiro atoms. The largest absolute Gasteiger partial charge is 0.381 e. The molecule has 4 heteroatoms. The number of methoxy groups -OCH3 is 1. The average Bonchev–Trinajstić information content (AvgIpc) is 2.73. The predicted molar refractivity (Wildman–Crippen MR) is 78.4 cm³/mol. The third-order valence-corrected chi connectivity index (χ3v) is 5.84. The van der Waals surface area contributed by atoms with E-state index in [1.807, 2.05) is 0 Å². The molecule has 0 radical (unpaired) electrons. The number of carbonyl (C=O) groups is 1. The first-order valence-corrected chi connectivity index (χ1v) is 8.07. The number of hydrogen-bond donors (Lipinski definition) is 2. The van der Waals surface area contributed by atoms with E-state index in [1.165, 1.54) is 25.7 Å². The minimum absolute atomic E-state index is 0.0670. The van der Waals surface area contributed by atoms with Crippen LogP contribution in [0.1, 0.15) is 52.4 Å². The molecule has 4 nitrogen and oxygen atoms in total. The molecule has 3 aliphatic rings. The van der Waals surface area contributed by atoms with Crippen LogP contribution < -0.4 is 10.6 Å². The van der Waals surface area contributed by atoms with Crippen molar-refractivity contribution < 1.29 is 9.53 Å². The molecule has 1 saturated carbocycles. The van der Waals surface area contributed by atoms with Gasteiger partial charge in [-0.15, -0.1) is 0 Å². The summed E-state index contributed by atoms with van der Waals surface area (Å²) in [7, 11) is 1.76. The number of rotatable bonds is 4. The summed E-state index contributed by atoms with van der Waals surface area (Å²) in [5.41, 5.74) is 0.0670. The third kappa shape index (κ3) is 2.60. The molecule has 3 fully saturated rings. The van der Waals surface area contributed by atoms with Crippen LogP contribution in [-0.2, 0) is 9.53 Å². The number of amides is 1. The van der Waals surface area contributed by atoms with Crippen LogP contribution in [-0.4, -0.2) is 37.2 Å². The van der Waals surface area contributed by atoms with Gasteiger partial charge in [-0.2, -0.15) is 0 Å². The van der Waals surface area contributed by atoms with Crippen molar-refractivity contribution in [1.82, 2.24) is 10.6 Å². The Morgan fingerprint density at radius 2 is 1.90 bits per heavy atom. The fourth-order valence-electron chi connectivity index (χ4n) is 4.39. The minimum Gasteiger partial charge on any atom is -0.381 e. The summed E-state index contributed by atoms with van der Waals surface area (Å²) >= 11 is 0. The van der Waals surface area contributed by atoms with Gasteiger partial charge in [0.05, 0.1) is 6.10 Å². The Morgan fingerprint density at radius 3 is 2.45 bits per heavy atom. The number of nitrogens with one attached hydrogen (secondary N) is 2. The van der Waals surface area contributed by atoms with E-state index in [-0.39, 0.29) is 23.5 Å². The second kappa shape index (κ2) is 5.30. The van der Waals surface area contributed by atoms with Crippen LogP contribution in [0.15, 0.2) is 0 Å². The minimum atomic E-state index is 0.0670. The van der Waals surface area contributed by atoms with Crippen LogP contribution >= 0.6 is 0 Å². The molecule has 2 saturated heterocycles. The maximum atomic E-state index is 12.3. The molecular weight excluding hydrogens is 252 g/mol. The van der Waals surface area contributed by atoms with Gasteiger partial charge >= 0.3 is 0 Å². The maximum absolute atomic E-state index is 12.3. The van der Waals surface area contributed by atoms with E-state index in [4.69, 9.17) is 4.74 Å². The molecule has 0 aromatic heterocycles. The van der Waals surface area contributed by atoms with E-state index in [0.29, 0.717) is 24.4 Å². The third-order valence-electron chi connectivity index (χ3n) is 5.84. The lowest BCUT2D eigenvalue weighted by atomic mass is 9.64. The topological polar surface area (TPSA) is 50.4 Å². The number of ether oxygens (including phenoxy) is 1. The van der Waals surface area contributed by atoms with Gasteiger partial charge in [0.2, 0.25) is 5.91 Å². The van der Waals surface area contributed by atoms with Crippen LogP contribution in [0.5, 0.6) is 0 Å². The van der Waals surface area contributed by atoms with Crippen molar-refractivity contribution in [2.45, 2.75) is 76.6 Å². The van der Waals surface area contributed by atoms with Gasteiger partial charge in [0.25, 0.3) is 0 Å². The first kappa shape index (κ1) is 14.3. The Bertz CT molecular complexity index is 371. The molecule has 2 bridgehead atoms. The fourth-order valence-corrected chi connectivity index (χ4v) is 4.39. The molecule has 4 unspecified atom stereocenters. The zero-order valence-corrected chi connectivity index (χ0v) is 12.9. The molecule has 2 N–H and O–H groups in total. The van der Waals surface area contributed by atoms with E-state index < -0.39 is 0 Å². The summed E-state index contributed by atoms with van der Waals surface area (Å²) in [5, 5.41) is 6.86. The van der Waals surface area contributed by atoms with E-state index in [0.717, 1.165) is 6.42 Å².